The first-order valence-electron chi connectivity index (χ1n) is 8.49. The standard InChI is InChI=1S/C15H36O3Si3/c1-8-15(16-19,17-20(9-2,10-3)11-4)18-21(12-5,13-6)14-7/h8H,1,9-14H2,2-7,19H3. The SMILES string of the molecule is C=CC(O[SiH3])(O[Si](CC)(CC)CC)O[Si](CC)(CC)CC. The molecule has 6 heteroatoms. The smallest absolute Gasteiger partial charge is 0.275 e. The molecule has 0 bridgehead atoms. The van der Waals surface area contributed by atoms with Crippen LogP contribution in [0, 0.1) is 0 Å². The Bertz CT molecular complexity index is 264. The van der Waals surface area contributed by atoms with Crippen LogP contribution in [0.15, 0.2) is 12.7 Å². The van der Waals surface area contributed by atoms with E-state index in [0.29, 0.717) is 10.5 Å². The topological polar surface area (TPSA) is 27.7 Å². The molecule has 0 aliphatic carbocycles. The molecule has 0 fully saturated rings. The lowest BCUT2D eigenvalue weighted by atomic mass is 10.6. The van der Waals surface area contributed by atoms with Gasteiger partial charge in [-0.05, 0) is 42.3 Å². The van der Waals surface area contributed by atoms with E-state index < -0.39 is 22.6 Å². The quantitative estimate of drug-likeness (QED) is 0.301. The van der Waals surface area contributed by atoms with Gasteiger partial charge in [-0.3, -0.25) is 0 Å². The molecule has 0 aliphatic rings. The molecule has 0 N–H and O–H groups in total. The summed E-state index contributed by atoms with van der Waals surface area (Å²) >= 11 is 0. The molecule has 0 amide bonds. The fourth-order valence-corrected chi connectivity index (χ4v) is 9.05. The van der Waals surface area contributed by atoms with Gasteiger partial charge in [-0.1, -0.05) is 48.1 Å². The highest BCUT2D eigenvalue weighted by molar-refractivity contribution is 6.74. The molecule has 0 saturated carbocycles. The van der Waals surface area contributed by atoms with Gasteiger partial charge < -0.3 is 13.3 Å². The zero-order valence-electron chi connectivity index (χ0n) is 15.3. The second-order valence-corrected chi connectivity index (χ2v) is 15.5. The van der Waals surface area contributed by atoms with Crippen LogP contribution in [0.5, 0.6) is 0 Å². The van der Waals surface area contributed by atoms with Gasteiger partial charge >= 0.3 is 0 Å². The minimum absolute atomic E-state index is 0.581. The van der Waals surface area contributed by atoms with E-state index in [0.717, 1.165) is 36.3 Å². The number of rotatable bonds is 12. The highest BCUT2D eigenvalue weighted by Gasteiger charge is 2.45. The average Bonchev–Trinajstić information content (AvgIpc) is 2.57. The Kier molecular flexibility index (Phi) is 9.54. The van der Waals surface area contributed by atoms with Crippen molar-refractivity contribution in [3.05, 3.63) is 12.7 Å². The lowest BCUT2D eigenvalue weighted by Gasteiger charge is -2.44. The van der Waals surface area contributed by atoms with Crippen molar-refractivity contribution in [1.82, 2.24) is 0 Å². The van der Waals surface area contributed by atoms with E-state index in [4.69, 9.17) is 13.3 Å². The molecular formula is C15H36O3Si3. The zero-order valence-corrected chi connectivity index (χ0v) is 19.3. The summed E-state index contributed by atoms with van der Waals surface area (Å²) < 4.78 is 19.0. The summed E-state index contributed by atoms with van der Waals surface area (Å²) in [5.74, 6) is -0.991. The van der Waals surface area contributed by atoms with Crippen LogP contribution >= 0.6 is 0 Å². The molecule has 126 valence electrons. The second kappa shape index (κ2) is 9.42. The maximum Gasteiger partial charge on any atom is 0.275 e. The average molecular weight is 349 g/mol. The third kappa shape index (κ3) is 5.14. The highest BCUT2D eigenvalue weighted by Crippen LogP contribution is 2.35. The van der Waals surface area contributed by atoms with Crippen LogP contribution in [0.1, 0.15) is 41.5 Å². The summed E-state index contributed by atoms with van der Waals surface area (Å²) in [7, 11) is -3.04. The first-order valence-corrected chi connectivity index (χ1v) is 14.4. The lowest BCUT2D eigenvalue weighted by Crippen LogP contribution is -2.55. The number of hydrogen-bond donors (Lipinski definition) is 0. The van der Waals surface area contributed by atoms with Crippen molar-refractivity contribution in [1.29, 1.82) is 0 Å². The van der Waals surface area contributed by atoms with E-state index in [2.05, 4.69) is 48.1 Å². The maximum atomic E-state index is 6.58. The van der Waals surface area contributed by atoms with Gasteiger partial charge in [0.1, 0.15) is 0 Å². The second-order valence-electron chi connectivity index (χ2n) is 5.70. The van der Waals surface area contributed by atoms with Crippen LogP contribution < -0.4 is 0 Å². The molecule has 0 rings (SSSR count). The van der Waals surface area contributed by atoms with E-state index in [1.165, 1.54) is 0 Å². The molecule has 0 aromatic rings. The minimum Gasteiger partial charge on any atom is -0.378 e. The summed E-state index contributed by atoms with van der Waals surface area (Å²) in [4.78, 5) is 0. The molecular weight excluding hydrogens is 312 g/mol. The van der Waals surface area contributed by atoms with Gasteiger partial charge in [0.15, 0.2) is 27.1 Å². The first kappa shape index (κ1) is 21.3. The molecule has 0 unspecified atom stereocenters. The summed E-state index contributed by atoms with van der Waals surface area (Å²) in [5.41, 5.74) is 0. The Labute approximate surface area is 137 Å². The molecule has 0 radical (unpaired) electrons. The van der Waals surface area contributed by atoms with Gasteiger partial charge in [0.05, 0.1) is 0 Å². The Balaban J connectivity index is 5.47. The predicted octanol–water partition coefficient (Wildman–Crippen LogP) is 4.17. The van der Waals surface area contributed by atoms with E-state index in [9.17, 15) is 0 Å². The van der Waals surface area contributed by atoms with Crippen LogP contribution in [0.25, 0.3) is 0 Å². The van der Waals surface area contributed by atoms with Crippen molar-refractivity contribution in [3.8, 4) is 0 Å². The monoisotopic (exact) mass is 348 g/mol. The zero-order chi connectivity index (χ0) is 16.6. The summed E-state index contributed by atoms with van der Waals surface area (Å²) in [6.07, 6.45) is 1.76. The molecule has 0 aromatic heterocycles. The van der Waals surface area contributed by atoms with Crippen molar-refractivity contribution in [2.24, 2.45) is 0 Å². The summed E-state index contributed by atoms with van der Waals surface area (Å²) in [6, 6.07) is 6.52. The fraction of sp³-hybridized carbons (Fsp3) is 0.867. The van der Waals surface area contributed by atoms with Crippen LogP contribution in [-0.2, 0) is 13.3 Å². The van der Waals surface area contributed by atoms with Gasteiger partial charge in [0.2, 0.25) is 0 Å². The van der Waals surface area contributed by atoms with E-state index in [-0.39, 0.29) is 0 Å². The molecule has 3 nitrogen and oxygen atoms in total. The van der Waals surface area contributed by atoms with Crippen LogP contribution in [0.2, 0.25) is 36.3 Å². The van der Waals surface area contributed by atoms with Crippen molar-refractivity contribution < 1.29 is 13.3 Å². The summed E-state index contributed by atoms with van der Waals surface area (Å²) in [6.45, 7) is 17.3. The van der Waals surface area contributed by atoms with E-state index in [1.54, 1.807) is 6.08 Å². The van der Waals surface area contributed by atoms with Crippen LogP contribution in [0.4, 0.5) is 0 Å². The fourth-order valence-electron chi connectivity index (χ4n) is 2.81. The molecule has 0 aromatic carbocycles. The van der Waals surface area contributed by atoms with Gasteiger partial charge in [0, 0.05) is 0 Å². The largest absolute Gasteiger partial charge is 0.378 e. The molecule has 21 heavy (non-hydrogen) atoms. The van der Waals surface area contributed by atoms with E-state index in [1.807, 2.05) is 0 Å². The Morgan fingerprint density at radius 2 is 1.10 bits per heavy atom. The van der Waals surface area contributed by atoms with Gasteiger partial charge in [0.25, 0.3) is 5.97 Å². The van der Waals surface area contributed by atoms with Crippen molar-refractivity contribution in [3.63, 3.8) is 0 Å². The van der Waals surface area contributed by atoms with Gasteiger partial charge in [-0.25, -0.2) is 0 Å². The minimum atomic E-state index is -1.81. The maximum absolute atomic E-state index is 6.58. The molecule has 0 saturated heterocycles. The lowest BCUT2D eigenvalue weighted by molar-refractivity contribution is -0.227. The van der Waals surface area contributed by atoms with Crippen molar-refractivity contribution >= 4 is 27.1 Å². The van der Waals surface area contributed by atoms with Crippen LogP contribution in [0.3, 0.4) is 0 Å². The molecule has 0 heterocycles. The third-order valence-corrected chi connectivity index (χ3v) is 14.9. The van der Waals surface area contributed by atoms with Gasteiger partial charge in [-0.2, -0.15) is 0 Å². The summed E-state index contributed by atoms with van der Waals surface area (Å²) in [5, 5.41) is 0. The highest BCUT2D eigenvalue weighted by atomic mass is 28.4. The van der Waals surface area contributed by atoms with E-state index >= 15 is 0 Å². The normalized spacial score (nSPS) is 13.6. The predicted molar refractivity (Wildman–Crippen MR) is 101 cm³/mol. The van der Waals surface area contributed by atoms with Crippen LogP contribution in [-0.4, -0.2) is 33.1 Å². The Hall–Kier alpha value is 0.271. The Morgan fingerprint density at radius 3 is 1.24 bits per heavy atom. The molecule has 0 aliphatic heterocycles. The Morgan fingerprint density at radius 1 is 0.810 bits per heavy atom. The first-order chi connectivity index (χ1) is 9.90. The van der Waals surface area contributed by atoms with Crippen molar-refractivity contribution in [2.45, 2.75) is 83.8 Å². The molecule has 0 atom stereocenters. The third-order valence-electron chi connectivity index (χ3n) is 5.12. The number of hydrogen-bond acceptors (Lipinski definition) is 3. The van der Waals surface area contributed by atoms with Crippen molar-refractivity contribution in [2.75, 3.05) is 0 Å². The molecule has 0 spiro atoms. The van der Waals surface area contributed by atoms with Gasteiger partial charge in [-0.15, -0.1) is 0 Å².